The summed E-state index contributed by atoms with van der Waals surface area (Å²) in [7, 11) is 0. The van der Waals surface area contributed by atoms with Crippen LogP contribution in [0.5, 0.6) is 0 Å². The van der Waals surface area contributed by atoms with Crippen LogP contribution in [-0.2, 0) is 4.79 Å². The van der Waals surface area contributed by atoms with E-state index in [9.17, 15) is 4.79 Å². The van der Waals surface area contributed by atoms with Gasteiger partial charge in [0.05, 0.1) is 0 Å². The van der Waals surface area contributed by atoms with Crippen molar-refractivity contribution >= 4 is 28.1 Å². The molecule has 130 valence electrons. The lowest BCUT2D eigenvalue weighted by molar-refractivity contribution is -0.116. The van der Waals surface area contributed by atoms with Crippen molar-refractivity contribution in [2.45, 2.75) is 33.6 Å². The number of nitrogens with one attached hydrogen (secondary N) is 2. The fraction of sp³-hybridized carbons (Fsp3) is 0.450. The number of benzene rings is 2. The number of rotatable bonds is 9. The van der Waals surface area contributed by atoms with Gasteiger partial charge in [0.1, 0.15) is 0 Å². The molecule has 2 rings (SSSR count). The molecular formula is C20H29N3O. The monoisotopic (exact) mass is 327 g/mol. The Bertz CT molecular complexity index is 665. The fourth-order valence-corrected chi connectivity index (χ4v) is 2.89. The Morgan fingerprint density at radius 1 is 0.958 bits per heavy atom. The van der Waals surface area contributed by atoms with Gasteiger partial charge in [-0.1, -0.05) is 45.0 Å². The van der Waals surface area contributed by atoms with E-state index in [0.717, 1.165) is 54.7 Å². The molecule has 0 bridgehead atoms. The molecule has 2 aromatic rings. The van der Waals surface area contributed by atoms with Gasteiger partial charge in [-0.3, -0.25) is 4.79 Å². The summed E-state index contributed by atoms with van der Waals surface area (Å²) in [5.41, 5.74) is 2.00. The maximum atomic E-state index is 11.9. The number of fused-ring (bicyclic) bond motifs is 1. The van der Waals surface area contributed by atoms with Crippen molar-refractivity contribution in [3.05, 3.63) is 36.4 Å². The van der Waals surface area contributed by atoms with Gasteiger partial charge < -0.3 is 15.5 Å². The van der Waals surface area contributed by atoms with Crippen molar-refractivity contribution in [1.82, 2.24) is 4.90 Å². The second kappa shape index (κ2) is 9.28. The number of hydrogen-bond acceptors (Lipinski definition) is 3. The Hall–Kier alpha value is -2.07. The van der Waals surface area contributed by atoms with Crippen molar-refractivity contribution in [3.8, 4) is 0 Å². The minimum atomic E-state index is 0.0740. The number of carbonyl (C=O) groups excluding carboxylic acids is 1. The van der Waals surface area contributed by atoms with Gasteiger partial charge in [-0.15, -0.1) is 0 Å². The molecule has 0 aromatic heterocycles. The Morgan fingerprint density at radius 3 is 2.21 bits per heavy atom. The van der Waals surface area contributed by atoms with Crippen LogP contribution in [-0.4, -0.2) is 37.0 Å². The van der Waals surface area contributed by atoms with Crippen LogP contribution >= 0.6 is 0 Å². The molecule has 2 aromatic carbocycles. The Labute approximate surface area is 145 Å². The molecule has 0 aliphatic heterocycles. The zero-order chi connectivity index (χ0) is 17.4. The molecule has 0 aliphatic rings. The van der Waals surface area contributed by atoms with Gasteiger partial charge in [0.25, 0.3) is 0 Å². The number of likely N-dealkylation sites (N-methyl/N-ethyl adjacent to an activating group) is 1. The minimum absolute atomic E-state index is 0.0740. The summed E-state index contributed by atoms with van der Waals surface area (Å²) in [4.78, 5) is 14.3. The minimum Gasteiger partial charge on any atom is -0.383 e. The largest absolute Gasteiger partial charge is 0.383 e. The summed E-state index contributed by atoms with van der Waals surface area (Å²) >= 11 is 0. The molecule has 0 radical (unpaired) electrons. The molecule has 0 heterocycles. The standard InChI is InChI=1S/C20H29N3O/c1-4-9-20(24)22-19-13-12-18(16-10-7-8-11-17(16)19)21-14-15-23(5-2)6-3/h7-8,10-13,21H,4-6,9,14-15H2,1-3H3,(H,22,24). The lowest BCUT2D eigenvalue weighted by atomic mass is 10.1. The molecule has 1 amide bonds. The first-order valence-electron chi connectivity index (χ1n) is 8.97. The highest BCUT2D eigenvalue weighted by atomic mass is 16.1. The van der Waals surface area contributed by atoms with E-state index in [0.29, 0.717) is 6.42 Å². The van der Waals surface area contributed by atoms with Gasteiger partial charge in [0, 0.05) is 41.7 Å². The molecule has 4 nitrogen and oxygen atoms in total. The smallest absolute Gasteiger partial charge is 0.224 e. The van der Waals surface area contributed by atoms with E-state index in [1.165, 1.54) is 0 Å². The first-order valence-corrected chi connectivity index (χ1v) is 8.97. The Morgan fingerprint density at radius 2 is 1.58 bits per heavy atom. The van der Waals surface area contributed by atoms with E-state index in [2.05, 4.69) is 47.6 Å². The Kier molecular flexibility index (Phi) is 7.07. The van der Waals surface area contributed by atoms with Gasteiger partial charge >= 0.3 is 0 Å². The summed E-state index contributed by atoms with van der Waals surface area (Å²) < 4.78 is 0. The summed E-state index contributed by atoms with van der Waals surface area (Å²) in [6.07, 6.45) is 1.41. The molecule has 0 fully saturated rings. The predicted octanol–water partition coefficient (Wildman–Crippen LogP) is 4.33. The van der Waals surface area contributed by atoms with Crippen molar-refractivity contribution in [2.24, 2.45) is 0 Å². The maximum absolute atomic E-state index is 11.9. The molecule has 24 heavy (non-hydrogen) atoms. The van der Waals surface area contributed by atoms with Crippen LogP contribution in [0, 0.1) is 0 Å². The average molecular weight is 327 g/mol. The summed E-state index contributed by atoms with van der Waals surface area (Å²) in [5, 5.41) is 8.79. The van der Waals surface area contributed by atoms with Crippen LogP contribution in [0.3, 0.4) is 0 Å². The van der Waals surface area contributed by atoms with Gasteiger partial charge in [-0.2, -0.15) is 0 Å². The quantitative estimate of drug-likeness (QED) is 0.720. The van der Waals surface area contributed by atoms with E-state index >= 15 is 0 Å². The first-order chi connectivity index (χ1) is 11.7. The normalized spacial score (nSPS) is 11.0. The van der Waals surface area contributed by atoms with Gasteiger partial charge in [-0.25, -0.2) is 0 Å². The van der Waals surface area contributed by atoms with E-state index in [-0.39, 0.29) is 5.91 Å². The van der Waals surface area contributed by atoms with E-state index in [1.54, 1.807) is 0 Å². The number of hydrogen-bond donors (Lipinski definition) is 2. The van der Waals surface area contributed by atoms with Crippen LogP contribution in [0.2, 0.25) is 0 Å². The highest BCUT2D eigenvalue weighted by molar-refractivity contribution is 6.06. The van der Waals surface area contributed by atoms with E-state index in [1.807, 2.05) is 25.1 Å². The third-order valence-corrected chi connectivity index (χ3v) is 4.31. The van der Waals surface area contributed by atoms with Gasteiger partial charge in [-0.05, 0) is 31.6 Å². The highest BCUT2D eigenvalue weighted by Crippen LogP contribution is 2.30. The second-order valence-corrected chi connectivity index (χ2v) is 5.96. The molecule has 0 saturated carbocycles. The lowest BCUT2D eigenvalue weighted by Gasteiger charge is -2.19. The third-order valence-electron chi connectivity index (χ3n) is 4.31. The maximum Gasteiger partial charge on any atom is 0.224 e. The van der Waals surface area contributed by atoms with Crippen LogP contribution in [0.1, 0.15) is 33.6 Å². The molecular weight excluding hydrogens is 298 g/mol. The molecule has 0 unspecified atom stereocenters. The zero-order valence-corrected chi connectivity index (χ0v) is 15.1. The molecule has 2 N–H and O–H groups in total. The van der Waals surface area contributed by atoms with Crippen LogP contribution in [0.4, 0.5) is 11.4 Å². The molecule has 0 aliphatic carbocycles. The highest BCUT2D eigenvalue weighted by Gasteiger charge is 2.08. The second-order valence-electron chi connectivity index (χ2n) is 5.96. The number of carbonyl (C=O) groups is 1. The van der Waals surface area contributed by atoms with Gasteiger partial charge in [0.15, 0.2) is 0 Å². The molecule has 0 saturated heterocycles. The van der Waals surface area contributed by atoms with Crippen molar-refractivity contribution in [2.75, 3.05) is 36.8 Å². The van der Waals surface area contributed by atoms with E-state index < -0.39 is 0 Å². The van der Waals surface area contributed by atoms with Crippen molar-refractivity contribution in [3.63, 3.8) is 0 Å². The summed E-state index contributed by atoms with van der Waals surface area (Å²) in [5.74, 6) is 0.0740. The van der Waals surface area contributed by atoms with Gasteiger partial charge in [0.2, 0.25) is 5.91 Å². The molecule has 0 atom stereocenters. The average Bonchev–Trinajstić information content (AvgIpc) is 2.60. The lowest BCUT2D eigenvalue weighted by Crippen LogP contribution is -2.28. The number of nitrogens with zero attached hydrogens (tertiary/aromatic N) is 1. The molecule has 0 spiro atoms. The SMILES string of the molecule is CCCC(=O)Nc1ccc(NCCN(CC)CC)c2ccccc12. The molecule has 4 heteroatoms. The van der Waals surface area contributed by atoms with Crippen LogP contribution < -0.4 is 10.6 Å². The van der Waals surface area contributed by atoms with Crippen LogP contribution in [0.15, 0.2) is 36.4 Å². The Balaban J connectivity index is 2.16. The van der Waals surface area contributed by atoms with Crippen molar-refractivity contribution < 1.29 is 4.79 Å². The van der Waals surface area contributed by atoms with E-state index in [4.69, 9.17) is 0 Å². The number of anilines is 2. The summed E-state index contributed by atoms with van der Waals surface area (Å²) in [6.45, 7) is 10.5. The topological polar surface area (TPSA) is 44.4 Å². The predicted molar refractivity (Wildman–Crippen MR) is 104 cm³/mol. The van der Waals surface area contributed by atoms with Crippen LogP contribution in [0.25, 0.3) is 10.8 Å². The fourth-order valence-electron chi connectivity index (χ4n) is 2.89. The third kappa shape index (κ3) is 4.71. The zero-order valence-electron chi connectivity index (χ0n) is 15.1. The first kappa shape index (κ1) is 18.3. The summed E-state index contributed by atoms with van der Waals surface area (Å²) in [6, 6.07) is 12.3. The van der Waals surface area contributed by atoms with Crippen molar-refractivity contribution in [1.29, 1.82) is 0 Å². The number of amides is 1.